The Balaban J connectivity index is 1.70. The number of hydrogen-bond donors (Lipinski definition) is 1. The Kier molecular flexibility index (Phi) is 3.83. The van der Waals surface area contributed by atoms with E-state index in [1.54, 1.807) is 22.6 Å². The van der Waals surface area contributed by atoms with E-state index in [0.717, 1.165) is 48.3 Å². The lowest BCUT2D eigenvalue weighted by molar-refractivity contribution is 0.220. The van der Waals surface area contributed by atoms with Crippen LogP contribution in [0.4, 0.5) is 5.95 Å². The van der Waals surface area contributed by atoms with Gasteiger partial charge >= 0.3 is 0 Å². The normalized spacial score (nSPS) is 24.4. The van der Waals surface area contributed by atoms with Crippen molar-refractivity contribution in [2.75, 3.05) is 18.8 Å². The molecule has 1 fully saturated rings. The molecule has 24 heavy (non-hydrogen) atoms. The smallest absolute Gasteiger partial charge is 0.252 e. The van der Waals surface area contributed by atoms with E-state index in [4.69, 9.17) is 17.3 Å². The van der Waals surface area contributed by atoms with Crippen LogP contribution < -0.4 is 5.73 Å². The first-order chi connectivity index (χ1) is 11.4. The van der Waals surface area contributed by atoms with Crippen molar-refractivity contribution in [2.45, 2.75) is 35.3 Å². The second-order valence-corrected chi connectivity index (χ2v) is 10.3. The molecule has 2 N–H and O–H groups in total. The van der Waals surface area contributed by atoms with Crippen molar-refractivity contribution in [3.8, 4) is 0 Å². The summed E-state index contributed by atoms with van der Waals surface area (Å²) in [5.74, 6) is 0.250. The van der Waals surface area contributed by atoms with Gasteiger partial charge in [-0.1, -0.05) is 11.6 Å². The van der Waals surface area contributed by atoms with Crippen molar-refractivity contribution in [1.82, 2.24) is 14.3 Å². The number of piperidine rings is 1. The number of anilines is 1. The van der Waals surface area contributed by atoms with E-state index in [1.807, 2.05) is 0 Å². The molecule has 0 bridgehead atoms. The number of halogens is 1. The molecule has 1 saturated heterocycles. The topological polar surface area (TPSA) is 89.2 Å². The van der Waals surface area contributed by atoms with Crippen LogP contribution in [0.1, 0.15) is 30.5 Å². The molecule has 128 valence electrons. The predicted molar refractivity (Wildman–Crippen MR) is 93.8 cm³/mol. The van der Waals surface area contributed by atoms with Gasteiger partial charge in [-0.2, -0.15) is 4.31 Å². The first kappa shape index (κ1) is 16.3. The maximum absolute atomic E-state index is 12.9. The largest absolute Gasteiger partial charge is 0.368 e. The molecule has 1 aliphatic heterocycles. The minimum atomic E-state index is -3.52. The van der Waals surface area contributed by atoms with Gasteiger partial charge in [-0.05, 0) is 43.4 Å². The lowest BCUT2D eigenvalue weighted by atomic mass is 9.78. The Morgan fingerprint density at radius 2 is 2.17 bits per heavy atom. The van der Waals surface area contributed by atoms with E-state index in [-0.39, 0.29) is 11.4 Å². The third-order valence-corrected chi connectivity index (χ3v) is 8.49. The molecule has 2 aliphatic rings. The molecule has 0 aromatic carbocycles. The highest BCUT2D eigenvalue weighted by Gasteiger charge is 2.46. The molecule has 2 aromatic heterocycles. The van der Waals surface area contributed by atoms with Crippen molar-refractivity contribution in [3.05, 3.63) is 33.9 Å². The van der Waals surface area contributed by atoms with Crippen LogP contribution in [0, 0.1) is 0 Å². The van der Waals surface area contributed by atoms with Crippen LogP contribution in [0.5, 0.6) is 0 Å². The lowest BCUT2D eigenvalue weighted by Gasteiger charge is -2.39. The molecule has 0 amide bonds. The molecule has 3 heterocycles. The SMILES string of the molecule is Nc1ncc2c(n1)C1(CCCN(S(=O)(=O)c3ccc(Cl)s3)C1)CC2. The van der Waals surface area contributed by atoms with E-state index in [1.165, 1.54) is 0 Å². The lowest BCUT2D eigenvalue weighted by Crippen LogP contribution is -2.47. The zero-order valence-corrected chi connectivity index (χ0v) is 15.3. The first-order valence-corrected chi connectivity index (χ1v) is 10.4. The average molecular weight is 385 g/mol. The van der Waals surface area contributed by atoms with Gasteiger partial charge in [0.2, 0.25) is 5.95 Å². The summed E-state index contributed by atoms with van der Waals surface area (Å²) >= 11 is 7.01. The molecule has 4 rings (SSSR count). The number of nitrogens with two attached hydrogens (primary N) is 1. The van der Waals surface area contributed by atoms with Crippen molar-refractivity contribution >= 4 is 38.9 Å². The predicted octanol–water partition coefficient (Wildman–Crippen LogP) is 2.44. The molecule has 1 spiro atoms. The number of nitrogen functional groups attached to an aromatic ring is 1. The van der Waals surface area contributed by atoms with Gasteiger partial charge in [0.15, 0.2) is 0 Å². The van der Waals surface area contributed by atoms with Gasteiger partial charge in [0.25, 0.3) is 10.0 Å². The molecule has 6 nitrogen and oxygen atoms in total. The maximum atomic E-state index is 12.9. The first-order valence-electron chi connectivity index (χ1n) is 7.78. The average Bonchev–Trinajstić information content (AvgIpc) is 3.13. The number of sulfonamides is 1. The van der Waals surface area contributed by atoms with Gasteiger partial charge in [-0.25, -0.2) is 18.4 Å². The van der Waals surface area contributed by atoms with E-state index in [9.17, 15) is 8.42 Å². The van der Waals surface area contributed by atoms with E-state index in [0.29, 0.717) is 21.6 Å². The van der Waals surface area contributed by atoms with E-state index >= 15 is 0 Å². The summed E-state index contributed by atoms with van der Waals surface area (Å²) in [5, 5.41) is 0. The number of aryl methyl sites for hydroxylation is 1. The number of aromatic nitrogens is 2. The minimum Gasteiger partial charge on any atom is -0.368 e. The fourth-order valence-corrected chi connectivity index (χ4v) is 7.01. The van der Waals surface area contributed by atoms with Crippen molar-refractivity contribution < 1.29 is 8.42 Å². The number of fused-ring (bicyclic) bond motifs is 2. The molecule has 2 aromatic rings. The Bertz CT molecular complexity index is 895. The molecule has 1 unspecified atom stereocenters. The highest BCUT2D eigenvalue weighted by atomic mass is 35.5. The molecule has 0 radical (unpaired) electrons. The van der Waals surface area contributed by atoms with Gasteiger partial charge in [0.05, 0.1) is 10.0 Å². The van der Waals surface area contributed by atoms with Gasteiger partial charge < -0.3 is 5.73 Å². The number of nitrogens with zero attached hydrogens (tertiary/aromatic N) is 3. The molecule has 1 atom stereocenters. The van der Waals surface area contributed by atoms with Crippen LogP contribution in [-0.4, -0.2) is 35.8 Å². The standard InChI is InChI=1S/C15H17ClN4O2S2/c16-11-2-3-12(23-11)24(21,22)20-7-1-5-15(9-20)6-4-10-8-18-14(17)19-13(10)15/h2-3,8H,1,4-7,9H2,(H2,17,18,19). The number of thiophene rings is 1. The van der Waals surface area contributed by atoms with Crippen molar-refractivity contribution in [1.29, 1.82) is 0 Å². The van der Waals surface area contributed by atoms with Crippen molar-refractivity contribution in [3.63, 3.8) is 0 Å². The zero-order chi connectivity index (χ0) is 16.9. The van der Waals surface area contributed by atoms with Crippen molar-refractivity contribution in [2.24, 2.45) is 0 Å². The van der Waals surface area contributed by atoms with Crippen LogP contribution in [0.25, 0.3) is 0 Å². The zero-order valence-electron chi connectivity index (χ0n) is 12.9. The molecular weight excluding hydrogens is 368 g/mol. The second-order valence-electron chi connectivity index (χ2n) is 6.38. The highest BCUT2D eigenvalue weighted by Crippen LogP contribution is 2.45. The van der Waals surface area contributed by atoms with Gasteiger partial charge in [-0.15, -0.1) is 11.3 Å². The summed E-state index contributed by atoms with van der Waals surface area (Å²) in [7, 11) is -3.52. The summed E-state index contributed by atoms with van der Waals surface area (Å²) in [6.07, 6.45) is 5.26. The summed E-state index contributed by atoms with van der Waals surface area (Å²) in [6, 6.07) is 3.20. The number of hydrogen-bond acceptors (Lipinski definition) is 6. The van der Waals surface area contributed by atoms with E-state index in [2.05, 4.69) is 9.97 Å². The van der Waals surface area contributed by atoms with Gasteiger partial charge in [0.1, 0.15) is 4.21 Å². The Labute approximate surface area is 149 Å². The third kappa shape index (κ3) is 2.52. The Morgan fingerprint density at radius 1 is 1.33 bits per heavy atom. The summed E-state index contributed by atoms with van der Waals surface area (Å²) in [5.41, 5.74) is 7.53. The van der Waals surface area contributed by atoms with Crippen LogP contribution in [-0.2, 0) is 21.9 Å². The molecule has 1 aliphatic carbocycles. The Morgan fingerprint density at radius 3 is 2.92 bits per heavy atom. The van der Waals surface area contributed by atoms with E-state index < -0.39 is 10.0 Å². The summed E-state index contributed by atoms with van der Waals surface area (Å²) in [4.78, 5) is 8.52. The summed E-state index contributed by atoms with van der Waals surface area (Å²) in [6.45, 7) is 0.962. The van der Waals surface area contributed by atoms with Gasteiger partial charge in [0, 0.05) is 24.7 Å². The summed E-state index contributed by atoms with van der Waals surface area (Å²) < 4.78 is 28.2. The Hall–Kier alpha value is -1.22. The van der Waals surface area contributed by atoms with Crippen LogP contribution >= 0.6 is 22.9 Å². The molecular formula is C15H17ClN4O2S2. The quantitative estimate of drug-likeness (QED) is 0.858. The van der Waals surface area contributed by atoms with Crippen LogP contribution in [0.3, 0.4) is 0 Å². The third-order valence-electron chi connectivity index (χ3n) is 4.94. The monoisotopic (exact) mass is 384 g/mol. The van der Waals surface area contributed by atoms with Crippen LogP contribution in [0.15, 0.2) is 22.5 Å². The van der Waals surface area contributed by atoms with Crippen LogP contribution in [0.2, 0.25) is 4.34 Å². The highest BCUT2D eigenvalue weighted by molar-refractivity contribution is 7.91. The fraction of sp³-hybridized carbons (Fsp3) is 0.467. The number of rotatable bonds is 2. The second kappa shape index (κ2) is 5.66. The molecule has 9 heteroatoms. The fourth-order valence-electron chi connectivity index (χ4n) is 3.81. The molecule has 0 saturated carbocycles. The minimum absolute atomic E-state index is 0.250. The maximum Gasteiger partial charge on any atom is 0.252 e. The van der Waals surface area contributed by atoms with Gasteiger partial charge in [-0.3, -0.25) is 0 Å².